The molecule has 2 fully saturated rings. The molecular formula is C13H22. The third kappa shape index (κ3) is 2.36. The number of rotatable bonds is 1. The molecule has 0 bridgehead atoms. The number of hydrogen-bond acceptors (Lipinski definition) is 0. The topological polar surface area (TPSA) is 0 Å². The Labute approximate surface area is 82.4 Å². The van der Waals surface area contributed by atoms with E-state index in [-0.39, 0.29) is 0 Å². The Bertz CT molecular complexity index is 200. The van der Waals surface area contributed by atoms with Crippen molar-refractivity contribution in [3.05, 3.63) is 11.6 Å². The zero-order valence-corrected chi connectivity index (χ0v) is 9.10. The first-order valence-corrected chi connectivity index (χ1v) is 5.88. The highest BCUT2D eigenvalue weighted by molar-refractivity contribution is 5.14. The van der Waals surface area contributed by atoms with Crippen molar-refractivity contribution in [1.82, 2.24) is 0 Å². The molecule has 2 saturated carbocycles. The largest absolute Gasteiger partial charge is 0.0817 e. The first kappa shape index (κ1) is 9.30. The summed E-state index contributed by atoms with van der Waals surface area (Å²) in [7, 11) is 0. The van der Waals surface area contributed by atoms with Crippen LogP contribution in [0.1, 0.15) is 58.8 Å². The van der Waals surface area contributed by atoms with Crippen molar-refractivity contribution >= 4 is 0 Å². The van der Waals surface area contributed by atoms with Crippen LogP contribution in [-0.2, 0) is 0 Å². The zero-order chi connectivity index (χ0) is 9.31. The van der Waals surface area contributed by atoms with Gasteiger partial charge in [-0.15, -0.1) is 0 Å². The summed E-state index contributed by atoms with van der Waals surface area (Å²) in [4.78, 5) is 0. The minimum absolute atomic E-state index is 0.638. The second-order valence-corrected chi connectivity index (χ2v) is 5.54. The summed E-state index contributed by atoms with van der Waals surface area (Å²) < 4.78 is 0. The molecule has 0 amide bonds. The van der Waals surface area contributed by atoms with Crippen molar-refractivity contribution in [2.75, 3.05) is 0 Å². The molecule has 0 saturated heterocycles. The lowest BCUT2D eigenvalue weighted by Gasteiger charge is -2.03. The van der Waals surface area contributed by atoms with Gasteiger partial charge in [0.25, 0.3) is 0 Å². The lowest BCUT2D eigenvalue weighted by atomic mass is 10.0. The molecule has 74 valence electrons. The van der Waals surface area contributed by atoms with Crippen LogP contribution in [0.5, 0.6) is 0 Å². The van der Waals surface area contributed by atoms with E-state index in [1.54, 1.807) is 5.57 Å². The first-order valence-electron chi connectivity index (χ1n) is 5.88. The molecule has 2 aliphatic carbocycles. The Hall–Kier alpha value is -0.260. The molecule has 1 atom stereocenters. The summed E-state index contributed by atoms with van der Waals surface area (Å²) >= 11 is 0. The van der Waals surface area contributed by atoms with E-state index in [2.05, 4.69) is 19.9 Å². The lowest BCUT2D eigenvalue weighted by molar-refractivity contribution is 0.606. The highest BCUT2D eigenvalue weighted by Crippen LogP contribution is 2.53. The molecule has 1 unspecified atom stereocenters. The zero-order valence-electron chi connectivity index (χ0n) is 9.10. The van der Waals surface area contributed by atoms with Crippen LogP contribution in [0, 0.1) is 11.3 Å². The van der Waals surface area contributed by atoms with E-state index < -0.39 is 0 Å². The second kappa shape index (κ2) is 3.48. The summed E-state index contributed by atoms with van der Waals surface area (Å²) in [5.74, 6) is 0.917. The lowest BCUT2D eigenvalue weighted by Crippen LogP contribution is -1.89. The van der Waals surface area contributed by atoms with Crippen molar-refractivity contribution in [2.45, 2.75) is 58.8 Å². The molecule has 2 rings (SSSR count). The molecule has 0 aromatic heterocycles. The molecular weight excluding hydrogens is 156 g/mol. The predicted molar refractivity (Wildman–Crippen MR) is 57.7 cm³/mol. The van der Waals surface area contributed by atoms with Crippen molar-refractivity contribution < 1.29 is 0 Å². The molecule has 0 aromatic rings. The molecule has 0 N–H and O–H groups in total. The third-order valence-electron chi connectivity index (χ3n) is 3.77. The maximum Gasteiger partial charge on any atom is -0.0174 e. The normalized spacial score (nSPS) is 32.5. The van der Waals surface area contributed by atoms with Gasteiger partial charge in [0, 0.05) is 0 Å². The van der Waals surface area contributed by atoms with E-state index in [9.17, 15) is 0 Å². The van der Waals surface area contributed by atoms with Crippen molar-refractivity contribution in [3.8, 4) is 0 Å². The van der Waals surface area contributed by atoms with E-state index in [1.807, 2.05) is 0 Å². The maximum absolute atomic E-state index is 2.60. The van der Waals surface area contributed by atoms with Gasteiger partial charge in [0.2, 0.25) is 0 Å². The highest BCUT2D eigenvalue weighted by atomic mass is 14.5. The molecule has 0 heterocycles. The van der Waals surface area contributed by atoms with Crippen molar-refractivity contribution in [1.29, 1.82) is 0 Å². The molecule has 13 heavy (non-hydrogen) atoms. The molecule has 0 nitrogen and oxygen atoms in total. The fourth-order valence-corrected chi connectivity index (χ4v) is 2.43. The average molecular weight is 178 g/mol. The summed E-state index contributed by atoms with van der Waals surface area (Å²) in [6.07, 6.45) is 12.6. The molecule has 0 radical (unpaired) electrons. The minimum Gasteiger partial charge on any atom is -0.0817 e. The summed E-state index contributed by atoms with van der Waals surface area (Å²) in [6, 6.07) is 0. The van der Waals surface area contributed by atoms with E-state index in [1.165, 1.54) is 44.9 Å². The van der Waals surface area contributed by atoms with Gasteiger partial charge in [-0.3, -0.25) is 0 Å². The highest BCUT2D eigenvalue weighted by Gasteiger charge is 2.43. The number of allylic oxidation sites excluding steroid dienone is 2. The van der Waals surface area contributed by atoms with Crippen molar-refractivity contribution in [2.24, 2.45) is 11.3 Å². The molecule has 0 aromatic carbocycles. The van der Waals surface area contributed by atoms with Crippen LogP contribution in [0.15, 0.2) is 11.6 Å². The fourth-order valence-electron chi connectivity index (χ4n) is 2.43. The van der Waals surface area contributed by atoms with Crippen LogP contribution in [-0.4, -0.2) is 0 Å². The Morgan fingerprint density at radius 2 is 1.62 bits per heavy atom. The van der Waals surface area contributed by atoms with Crippen LogP contribution in [0.3, 0.4) is 0 Å². The Balaban J connectivity index is 1.91. The van der Waals surface area contributed by atoms with Gasteiger partial charge in [0.05, 0.1) is 0 Å². The number of hydrogen-bond donors (Lipinski definition) is 0. The summed E-state index contributed by atoms with van der Waals surface area (Å²) in [6.45, 7) is 4.79. The Morgan fingerprint density at radius 1 is 1.08 bits per heavy atom. The SMILES string of the molecule is CC1(C)CC1C=C1CCCCCC1. The van der Waals surface area contributed by atoms with Crippen LogP contribution >= 0.6 is 0 Å². The maximum atomic E-state index is 2.60. The van der Waals surface area contributed by atoms with Crippen LogP contribution in [0.2, 0.25) is 0 Å². The first-order chi connectivity index (χ1) is 6.18. The molecule has 0 spiro atoms. The second-order valence-electron chi connectivity index (χ2n) is 5.54. The van der Waals surface area contributed by atoms with Gasteiger partial charge in [-0.1, -0.05) is 38.3 Å². The standard InChI is InChI=1S/C13H22/c1-13(2)10-12(13)9-11-7-5-3-4-6-8-11/h9,12H,3-8,10H2,1-2H3. The van der Waals surface area contributed by atoms with E-state index in [4.69, 9.17) is 0 Å². The predicted octanol–water partition coefficient (Wildman–Crippen LogP) is 4.31. The molecule has 2 aliphatic rings. The van der Waals surface area contributed by atoms with Gasteiger partial charge in [0.15, 0.2) is 0 Å². The van der Waals surface area contributed by atoms with E-state index in [0.29, 0.717) is 5.41 Å². The summed E-state index contributed by atoms with van der Waals surface area (Å²) in [5, 5.41) is 0. The van der Waals surface area contributed by atoms with Crippen LogP contribution < -0.4 is 0 Å². The fraction of sp³-hybridized carbons (Fsp3) is 0.846. The van der Waals surface area contributed by atoms with Gasteiger partial charge in [0.1, 0.15) is 0 Å². The summed E-state index contributed by atoms with van der Waals surface area (Å²) in [5.41, 5.74) is 2.41. The average Bonchev–Trinajstić information content (AvgIpc) is 2.73. The van der Waals surface area contributed by atoms with Gasteiger partial charge >= 0.3 is 0 Å². The van der Waals surface area contributed by atoms with E-state index >= 15 is 0 Å². The quantitative estimate of drug-likeness (QED) is 0.414. The van der Waals surface area contributed by atoms with E-state index in [0.717, 1.165) is 5.92 Å². The van der Waals surface area contributed by atoms with Gasteiger partial charge in [-0.2, -0.15) is 0 Å². The van der Waals surface area contributed by atoms with Gasteiger partial charge in [-0.05, 0) is 43.4 Å². The monoisotopic (exact) mass is 178 g/mol. The Kier molecular flexibility index (Phi) is 2.49. The smallest absolute Gasteiger partial charge is 0.0174 e. The Morgan fingerprint density at radius 3 is 2.08 bits per heavy atom. The third-order valence-corrected chi connectivity index (χ3v) is 3.77. The molecule has 0 aliphatic heterocycles. The van der Waals surface area contributed by atoms with Crippen LogP contribution in [0.4, 0.5) is 0 Å². The minimum atomic E-state index is 0.638. The van der Waals surface area contributed by atoms with Crippen LogP contribution in [0.25, 0.3) is 0 Å². The van der Waals surface area contributed by atoms with Crippen molar-refractivity contribution in [3.63, 3.8) is 0 Å². The molecule has 0 heteroatoms. The van der Waals surface area contributed by atoms with Gasteiger partial charge in [-0.25, -0.2) is 0 Å². The van der Waals surface area contributed by atoms with Gasteiger partial charge < -0.3 is 0 Å².